The summed E-state index contributed by atoms with van der Waals surface area (Å²) in [6.07, 6.45) is 0. The number of thioether (sulfide) groups is 1. The molecule has 1 heterocycles. The first-order valence-corrected chi connectivity index (χ1v) is 6.24. The minimum absolute atomic E-state index is 0.0791. The van der Waals surface area contributed by atoms with Crippen LogP contribution in [0, 0.1) is 11.3 Å². The van der Waals surface area contributed by atoms with E-state index >= 15 is 0 Å². The second kappa shape index (κ2) is 5.73. The lowest BCUT2D eigenvalue weighted by molar-refractivity contribution is -0.138. The molecule has 0 saturated carbocycles. The van der Waals surface area contributed by atoms with E-state index in [-0.39, 0.29) is 23.3 Å². The van der Waals surface area contributed by atoms with Crippen LogP contribution >= 0.6 is 11.8 Å². The summed E-state index contributed by atoms with van der Waals surface area (Å²) in [6.45, 7) is 5.87. The van der Waals surface area contributed by atoms with Crippen molar-refractivity contribution in [3.8, 4) is 6.07 Å². The zero-order chi connectivity index (χ0) is 13.0. The van der Waals surface area contributed by atoms with Gasteiger partial charge in [-0.2, -0.15) is 5.26 Å². The lowest BCUT2D eigenvalue weighted by Crippen LogP contribution is -2.28. The predicted octanol–water partition coefficient (Wildman–Crippen LogP) is 1.27. The quantitative estimate of drug-likeness (QED) is 0.431. The maximum absolute atomic E-state index is 11.8. The molecule has 0 bridgehead atoms. The number of esters is 1. The first-order chi connectivity index (χ1) is 8.06. The van der Waals surface area contributed by atoms with E-state index < -0.39 is 5.97 Å². The number of ether oxygens (including phenoxy) is 1. The molecule has 1 aliphatic rings. The van der Waals surface area contributed by atoms with Gasteiger partial charge in [0.1, 0.15) is 11.1 Å². The van der Waals surface area contributed by atoms with Gasteiger partial charge >= 0.3 is 5.97 Å². The maximum atomic E-state index is 11.8. The fraction of sp³-hybridized carbons (Fsp3) is 0.545. The molecule has 1 aliphatic heterocycles. The van der Waals surface area contributed by atoms with Crippen molar-refractivity contribution in [2.75, 3.05) is 13.2 Å². The van der Waals surface area contributed by atoms with Gasteiger partial charge in [0.25, 0.3) is 0 Å². The van der Waals surface area contributed by atoms with Crippen LogP contribution in [0.4, 0.5) is 0 Å². The summed E-state index contributed by atoms with van der Waals surface area (Å²) in [5, 5.41) is 9.16. The van der Waals surface area contributed by atoms with Gasteiger partial charge in [0, 0.05) is 6.54 Å². The van der Waals surface area contributed by atoms with Crippen molar-refractivity contribution in [3.63, 3.8) is 0 Å². The average Bonchev–Trinajstić information content (AvgIpc) is 2.56. The van der Waals surface area contributed by atoms with E-state index in [4.69, 9.17) is 10.00 Å². The van der Waals surface area contributed by atoms with Crippen molar-refractivity contribution in [2.45, 2.75) is 26.0 Å². The molecule has 1 rings (SSSR count). The van der Waals surface area contributed by atoms with Crippen molar-refractivity contribution in [1.29, 1.82) is 5.26 Å². The van der Waals surface area contributed by atoms with Gasteiger partial charge in [0.15, 0.2) is 5.57 Å². The Bertz CT molecular complexity index is 411. The van der Waals surface area contributed by atoms with Crippen LogP contribution in [-0.2, 0) is 14.3 Å². The Labute approximate surface area is 104 Å². The number of rotatable bonds is 3. The monoisotopic (exact) mass is 254 g/mol. The minimum atomic E-state index is -0.669. The molecule has 0 spiro atoms. The molecule has 0 radical (unpaired) electrons. The van der Waals surface area contributed by atoms with Gasteiger partial charge in [-0.05, 0) is 20.8 Å². The Morgan fingerprint density at radius 2 is 2.24 bits per heavy atom. The normalized spacial score (nSPS) is 22.4. The smallest absolute Gasteiger partial charge is 0.351 e. The van der Waals surface area contributed by atoms with E-state index in [0.29, 0.717) is 11.6 Å². The van der Waals surface area contributed by atoms with Crippen LogP contribution in [0.1, 0.15) is 20.8 Å². The summed E-state index contributed by atoms with van der Waals surface area (Å²) in [5.74, 6) is -0.748. The molecule has 0 aromatic rings. The highest BCUT2D eigenvalue weighted by molar-refractivity contribution is 8.04. The summed E-state index contributed by atoms with van der Waals surface area (Å²) >= 11 is 1.23. The third-order valence-electron chi connectivity index (χ3n) is 2.27. The number of carbonyl (C=O) groups is 2. The lowest BCUT2D eigenvalue weighted by Gasteiger charge is -2.15. The van der Waals surface area contributed by atoms with Crippen LogP contribution < -0.4 is 0 Å². The van der Waals surface area contributed by atoms with Crippen molar-refractivity contribution in [2.24, 2.45) is 0 Å². The molecule has 0 aromatic heterocycles. The van der Waals surface area contributed by atoms with Gasteiger partial charge in [-0.15, -0.1) is 0 Å². The second-order valence-corrected chi connectivity index (χ2v) is 4.68. The Morgan fingerprint density at radius 1 is 1.59 bits per heavy atom. The molecule has 92 valence electrons. The van der Waals surface area contributed by atoms with Gasteiger partial charge < -0.3 is 9.64 Å². The summed E-state index contributed by atoms with van der Waals surface area (Å²) in [7, 11) is 0. The van der Waals surface area contributed by atoms with Gasteiger partial charge in [-0.1, -0.05) is 11.8 Å². The van der Waals surface area contributed by atoms with Crippen LogP contribution in [-0.4, -0.2) is 35.2 Å². The molecule has 0 aliphatic carbocycles. The van der Waals surface area contributed by atoms with Crippen LogP contribution in [0.3, 0.4) is 0 Å². The Hall–Kier alpha value is -1.48. The standard InChI is InChI=1S/C11H14N2O3S/c1-4-13-9(14)7(3)17-10(13)8(6-12)11(15)16-5-2/h7H,4-5H2,1-3H3/b10-8-. The van der Waals surface area contributed by atoms with Crippen molar-refractivity contribution in [1.82, 2.24) is 4.90 Å². The van der Waals surface area contributed by atoms with Crippen molar-refractivity contribution < 1.29 is 14.3 Å². The number of carbonyl (C=O) groups excluding carboxylic acids is 2. The lowest BCUT2D eigenvalue weighted by atomic mass is 10.3. The second-order valence-electron chi connectivity index (χ2n) is 3.36. The van der Waals surface area contributed by atoms with E-state index in [1.54, 1.807) is 20.8 Å². The van der Waals surface area contributed by atoms with E-state index in [9.17, 15) is 9.59 Å². The highest BCUT2D eigenvalue weighted by atomic mass is 32.2. The molecule has 17 heavy (non-hydrogen) atoms. The van der Waals surface area contributed by atoms with Crippen LogP contribution in [0.25, 0.3) is 0 Å². The maximum Gasteiger partial charge on any atom is 0.351 e. The number of amides is 1. The Morgan fingerprint density at radius 3 is 2.71 bits per heavy atom. The number of nitriles is 1. The van der Waals surface area contributed by atoms with Gasteiger partial charge in [-0.3, -0.25) is 4.79 Å². The first-order valence-electron chi connectivity index (χ1n) is 5.36. The third kappa shape index (κ3) is 2.61. The molecule has 1 saturated heterocycles. The third-order valence-corrected chi connectivity index (χ3v) is 3.47. The summed E-state index contributed by atoms with van der Waals surface area (Å²) < 4.78 is 4.80. The van der Waals surface area contributed by atoms with E-state index in [1.807, 2.05) is 6.07 Å². The van der Waals surface area contributed by atoms with Crippen LogP contribution in [0.15, 0.2) is 10.6 Å². The number of nitrogens with zero attached hydrogens (tertiary/aromatic N) is 2. The highest BCUT2D eigenvalue weighted by Gasteiger charge is 2.36. The molecule has 1 unspecified atom stereocenters. The average molecular weight is 254 g/mol. The Balaban J connectivity index is 3.13. The van der Waals surface area contributed by atoms with E-state index in [0.717, 1.165) is 0 Å². The molecule has 6 heteroatoms. The molecular formula is C11H14N2O3S. The SMILES string of the molecule is CCOC(=O)/C(C#N)=C1\SC(C)C(=O)N1CC. The zero-order valence-electron chi connectivity index (χ0n) is 10.0. The fourth-order valence-electron chi connectivity index (χ4n) is 1.48. The topological polar surface area (TPSA) is 70.4 Å². The molecule has 0 N–H and O–H groups in total. The molecule has 1 fully saturated rings. The van der Waals surface area contributed by atoms with Crippen molar-refractivity contribution in [3.05, 3.63) is 10.6 Å². The highest BCUT2D eigenvalue weighted by Crippen LogP contribution is 2.36. The van der Waals surface area contributed by atoms with Gasteiger partial charge in [0.05, 0.1) is 11.9 Å². The van der Waals surface area contributed by atoms with Crippen LogP contribution in [0.2, 0.25) is 0 Å². The molecular weight excluding hydrogens is 240 g/mol. The fourth-order valence-corrected chi connectivity index (χ4v) is 2.63. The van der Waals surface area contributed by atoms with E-state index in [2.05, 4.69) is 0 Å². The minimum Gasteiger partial charge on any atom is -0.462 e. The summed E-state index contributed by atoms with van der Waals surface area (Å²) in [4.78, 5) is 24.8. The first kappa shape index (κ1) is 13.6. The number of hydrogen-bond acceptors (Lipinski definition) is 5. The molecule has 5 nitrogen and oxygen atoms in total. The van der Waals surface area contributed by atoms with Gasteiger partial charge in [0.2, 0.25) is 5.91 Å². The summed E-state index contributed by atoms with van der Waals surface area (Å²) in [5.41, 5.74) is -0.0867. The summed E-state index contributed by atoms with van der Waals surface area (Å²) in [6, 6.07) is 1.82. The zero-order valence-corrected chi connectivity index (χ0v) is 10.8. The molecule has 0 aromatic carbocycles. The Kier molecular flexibility index (Phi) is 4.58. The predicted molar refractivity (Wildman–Crippen MR) is 63.7 cm³/mol. The van der Waals surface area contributed by atoms with Crippen LogP contribution in [0.5, 0.6) is 0 Å². The van der Waals surface area contributed by atoms with Gasteiger partial charge in [-0.25, -0.2) is 4.79 Å². The molecule has 1 amide bonds. The number of hydrogen-bond donors (Lipinski definition) is 0. The van der Waals surface area contributed by atoms with E-state index in [1.165, 1.54) is 16.7 Å². The largest absolute Gasteiger partial charge is 0.462 e. The molecule has 1 atom stereocenters. The van der Waals surface area contributed by atoms with Crippen molar-refractivity contribution >= 4 is 23.6 Å².